The molecular formula is C38H37N3O7S. The monoisotopic (exact) mass is 679 g/mol. The summed E-state index contributed by atoms with van der Waals surface area (Å²) in [6, 6.07) is 28.7. The first-order valence-electron chi connectivity index (χ1n) is 15.6. The van der Waals surface area contributed by atoms with E-state index in [1.807, 2.05) is 24.3 Å². The molecule has 252 valence electrons. The number of phenols is 2. The van der Waals surface area contributed by atoms with E-state index in [2.05, 4.69) is 23.9 Å². The summed E-state index contributed by atoms with van der Waals surface area (Å²) in [5.74, 6) is -0.252. The number of ether oxygens (including phenoxy) is 1. The summed E-state index contributed by atoms with van der Waals surface area (Å²) < 4.78 is 31.0. The van der Waals surface area contributed by atoms with Crippen LogP contribution in [0.4, 0.5) is 21.9 Å². The molecule has 0 atom stereocenters. The number of rotatable bonds is 10. The van der Waals surface area contributed by atoms with Crippen LogP contribution in [0.2, 0.25) is 0 Å². The molecule has 0 unspecified atom stereocenters. The largest absolute Gasteiger partial charge is 0.508 e. The lowest BCUT2D eigenvalue weighted by Gasteiger charge is -2.20. The van der Waals surface area contributed by atoms with Gasteiger partial charge in [-0.2, -0.15) is 0 Å². The Labute approximate surface area is 285 Å². The number of carbonyl (C=O) groups excluding carboxylic acids is 2. The fourth-order valence-electron chi connectivity index (χ4n) is 5.67. The van der Waals surface area contributed by atoms with E-state index in [1.165, 1.54) is 40.8 Å². The van der Waals surface area contributed by atoms with Gasteiger partial charge in [-0.1, -0.05) is 56.3 Å². The van der Waals surface area contributed by atoms with Crippen LogP contribution in [0.3, 0.4) is 0 Å². The molecule has 49 heavy (non-hydrogen) atoms. The van der Waals surface area contributed by atoms with E-state index in [-0.39, 0.29) is 17.1 Å². The molecule has 0 spiro atoms. The van der Waals surface area contributed by atoms with Gasteiger partial charge in [0, 0.05) is 29.2 Å². The first-order valence-corrected chi connectivity index (χ1v) is 17.5. The second-order valence-corrected chi connectivity index (χ2v) is 13.2. The van der Waals surface area contributed by atoms with Crippen LogP contribution in [-0.2, 0) is 10.0 Å². The molecule has 0 radical (unpaired) electrons. The van der Waals surface area contributed by atoms with Crippen LogP contribution in [0.15, 0.2) is 103 Å². The molecule has 0 fully saturated rings. The molecule has 4 N–H and O–H groups in total. The highest BCUT2D eigenvalue weighted by molar-refractivity contribution is 7.92. The normalized spacial score (nSPS) is 11.8. The maximum atomic E-state index is 13.3. The van der Waals surface area contributed by atoms with Gasteiger partial charge in [-0.05, 0) is 95.8 Å². The minimum atomic E-state index is -3.44. The zero-order valence-electron chi connectivity index (χ0n) is 27.5. The van der Waals surface area contributed by atoms with E-state index >= 15 is 0 Å². The molecule has 0 aliphatic heterocycles. The van der Waals surface area contributed by atoms with E-state index in [0.29, 0.717) is 33.6 Å². The first-order chi connectivity index (χ1) is 23.4. The van der Waals surface area contributed by atoms with Crippen LogP contribution in [0, 0.1) is 0 Å². The summed E-state index contributed by atoms with van der Waals surface area (Å²) in [7, 11) is -1.88. The minimum Gasteiger partial charge on any atom is -0.508 e. The number of benzene rings is 5. The lowest BCUT2D eigenvalue weighted by molar-refractivity contribution is 0.102. The predicted octanol–water partition coefficient (Wildman–Crippen LogP) is 8.24. The zero-order chi connectivity index (χ0) is 35.3. The Morgan fingerprint density at radius 3 is 1.88 bits per heavy atom. The lowest BCUT2D eigenvalue weighted by atomic mass is 9.91. The third-order valence-electron chi connectivity index (χ3n) is 8.03. The molecule has 10 nitrogen and oxygen atoms in total. The molecule has 0 bridgehead atoms. The molecule has 0 heterocycles. The topological polar surface area (TPSA) is 145 Å². The Hall–Kier alpha value is -5.81. The number of nitrogens with one attached hydrogen (secondary N) is 2. The van der Waals surface area contributed by atoms with Crippen molar-refractivity contribution >= 4 is 61.0 Å². The van der Waals surface area contributed by atoms with Crippen LogP contribution in [0.25, 0.3) is 21.9 Å². The second-order valence-electron chi connectivity index (χ2n) is 11.4. The third kappa shape index (κ3) is 8.02. The van der Waals surface area contributed by atoms with E-state index in [9.17, 15) is 28.2 Å². The molecule has 0 saturated carbocycles. The molecule has 0 aromatic heterocycles. The number of anilines is 3. The van der Waals surface area contributed by atoms with Crippen molar-refractivity contribution < 1.29 is 33.0 Å². The minimum absolute atomic E-state index is 0.0189. The Bertz CT molecular complexity index is 2140. The summed E-state index contributed by atoms with van der Waals surface area (Å²) in [5.41, 5.74) is 5.61. The van der Waals surface area contributed by atoms with E-state index < -0.39 is 22.0 Å². The number of phenolic OH excluding ortho intramolecular Hbond substituents is 2. The fourth-order valence-corrected chi connectivity index (χ4v) is 6.24. The Balaban J connectivity index is 1.32. The molecule has 0 aliphatic rings. The first kappa shape index (κ1) is 34.5. The van der Waals surface area contributed by atoms with Gasteiger partial charge < -0.3 is 20.3 Å². The third-order valence-corrected chi connectivity index (χ3v) is 8.64. The van der Waals surface area contributed by atoms with Gasteiger partial charge in [0.25, 0.3) is 5.91 Å². The number of hydrogen-bond acceptors (Lipinski definition) is 7. The van der Waals surface area contributed by atoms with Gasteiger partial charge in [-0.25, -0.2) is 13.2 Å². The maximum absolute atomic E-state index is 13.3. The number of aromatic hydroxyl groups is 2. The van der Waals surface area contributed by atoms with Crippen molar-refractivity contribution in [1.82, 2.24) is 0 Å². The SMILES string of the molecule is CC/C(=C(/CC)c1ccc(OC(=O)N(C)c2cccc3c(O)c(C(=O)Nc4ccc(NS(C)(=O)=O)cc4)ccc23)cc1)c1ccc(O)cc1. The van der Waals surface area contributed by atoms with E-state index in [1.54, 1.807) is 55.6 Å². The molecule has 0 saturated heterocycles. The average molecular weight is 680 g/mol. The van der Waals surface area contributed by atoms with Gasteiger partial charge in [0.15, 0.2) is 0 Å². The number of allylic oxidation sites excluding steroid dienone is 2. The lowest BCUT2D eigenvalue weighted by Crippen LogP contribution is -2.29. The summed E-state index contributed by atoms with van der Waals surface area (Å²) in [6.07, 6.45) is 2.00. The van der Waals surface area contributed by atoms with Gasteiger partial charge in [0.1, 0.15) is 17.2 Å². The van der Waals surface area contributed by atoms with Crippen LogP contribution in [0.1, 0.15) is 48.2 Å². The second kappa shape index (κ2) is 14.5. The predicted molar refractivity (Wildman–Crippen MR) is 195 cm³/mol. The van der Waals surface area contributed by atoms with Gasteiger partial charge >= 0.3 is 6.09 Å². The summed E-state index contributed by atoms with van der Waals surface area (Å²) >= 11 is 0. The van der Waals surface area contributed by atoms with Crippen molar-refractivity contribution in [1.29, 1.82) is 0 Å². The van der Waals surface area contributed by atoms with Crippen molar-refractivity contribution in [2.24, 2.45) is 0 Å². The molecule has 11 heteroatoms. The Kier molecular flexibility index (Phi) is 10.2. The van der Waals surface area contributed by atoms with Gasteiger partial charge in [-0.15, -0.1) is 0 Å². The molecular weight excluding hydrogens is 642 g/mol. The van der Waals surface area contributed by atoms with E-state index in [4.69, 9.17) is 4.74 Å². The standard InChI is InChI=1S/C38H37N3O7S/c1-5-30(24-10-18-28(42)19-11-24)31(6-2)25-12-20-29(21-13-25)48-38(45)41(3)35-9-7-8-33-32(35)22-23-34(36(33)43)37(44)39-26-14-16-27(17-15-26)40-49(4,46)47/h7-23,40,42-43H,5-6H2,1-4H3,(H,39,44)/b31-30+. The number of amides is 2. The summed E-state index contributed by atoms with van der Waals surface area (Å²) in [4.78, 5) is 27.7. The van der Waals surface area contributed by atoms with Gasteiger partial charge in [-0.3, -0.25) is 14.4 Å². The molecule has 5 rings (SSSR count). The van der Waals surface area contributed by atoms with Crippen molar-refractivity contribution in [2.75, 3.05) is 28.2 Å². The molecule has 0 aliphatic carbocycles. The highest BCUT2D eigenvalue weighted by Gasteiger charge is 2.20. The molecule has 5 aromatic carbocycles. The number of hydrogen-bond donors (Lipinski definition) is 4. The van der Waals surface area contributed by atoms with Crippen molar-refractivity contribution in [3.05, 3.63) is 120 Å². The number of sulfonamides is 1. The Morgan fingerprint density at radius 2 is 1.31 bits per heavy atom. The number of fused-ring (bicyclic) bond motifs is 1. The van der Waals surface area contributed by atoms with Crippen molar-refractivity contribution in [3.8, 4) is 17.2 Å². The van der Waals surface area contributed by atoms with Gasteiger partial charge in [0.2, 0.25) is 10.0 Å². The number of carbonyl (C=O) groups is 2. The van der Waals surface area contributed by atoms with Crippen LogP contribution in [-0.4, -0.2) is 43.9 Å². The molecule has 5 aromatic rings. The summed E-state index contributed by atoms with van der Waals surface area (Å²) in [6.45, 7) is 4.18. The van der Waals surface area contributed by atoms with Crippen LogP contribution < -0.4 is 19.7 Å². The van der Waals surface area contributed by atoms with Crippen LogP contribution >= 0.6 is 0 Å². The van der Waals surface area contributed by atoms with Gasteiger partial charge in [0.05, 0.1) is 17.5 Å². The summed E-state index contributed by atoms with van der Waals surface area (Å²) in [5, 5.41) is 24.4. The highest BCUT2D eigenvalue weighted by atomic mass is 32.2. The quantitative estimate of drug-likeness (QED) is 0.109. The molecule has 2 amide bonds. The van der Waals surface area contributed by atoms with Crippen LogP contribution in [0.5, 0.6) is 17.2 Å². The number of nitrogens with zero attached hydrogens (tertiary/aromatic N) is 1. The Morgan fingerprint density at radius 1 is 0.735 bits per heavy atom. The maximum Gasteiger partial charge on any atom is 0.419 e. The van der Waals surface area contributed by atoms with Crippen molar-refractivity contribution in [3.63, 3.8) is 0 Å². The fraction of sp³-hybridized carbons (Fsp3) is 0.158. The smallest absolute Gasteiger partial charge is 0.419 e. The van der Waals surface area contributed by atoms with Crippen molar-refractivity contribution in [2.45, 2.75) is 26.7 Å². The highest BCUT2D eigenvalue weighted by Crippen LogP contribution is 2.36. The van der Waals surface area contributed by atoms with E-state index in [0.717, 1.165) is 35.8 Å². The average Bonchev–Trinajstić information content (AvgIpc) is 3.08. The zero-order valence-corrected chi connectivity index (χ0v) is 28.3.